The number of H-pyrrole nitrogens is 1. The van der Waals surface area contributed by atoms with Gasteiger partial charge in [0.25, 0.3) is 0 Å². The molecule has 0 atom stereocenters. The standard InChI is InChI=1S/C19H22N4/c1-2-4-14-13(3-1)18-15-7-8-21-16(15)5-6-17(18)22-19(14)23-11-9-20-10-12-23/h5-8,20,22H,1-4,9-12H2. The highest BCUT2D eigenvalue weighted by atomic mass is 15.2. The molecule has 3 heterocycles. The van der Waals surface area contributed by atoms with E-state index in [9.17, 15) is 0 Å². The van der Waals surface area contributed by atoms with E-state index < -0.39 is 0 Å². The molecular formula is C19H22N4. The molecule has 1 aliphatic heterocycles. The van der Waals surface area contributed by atoms with Crippen molar-refractivity contribution in [2.24, 2.45) is 0 Å². The first kappa shape index (κ1) is 13.4. The highest BCUT2D eigenvalue weighted by Crippen LogP contribution is 2.37. The minimum atomic E-state index is 1.08. The Bertz CT molecular complexity index is 874. The van der Waals surface area contributed by atoms with E-state index in [0.717, 1.165) is 31.7 Å². The molecule has 118 valence electrons. The second kappa shape index (κ2) is 5.24. The van der Waals surface area contributed by atoms with Crippen LogP contribution in [-0.4, -0.2) is 36.1 Å². The van der Waals surface area contributed by atoms with Crippen molar-refractivity contribution in [3.8, 4) is 0 Å². The van der Waals surface area contributed by atoms with Crippen molar-refractivity contribution < 1.29 is 0 Å². The van der Waals surface area contributed by atoms with Gasteiger partial charge in [-0.25, -0.2) is 0 Å². The number of hydrogen-bond donors (Lipinski definition) is 2. The number of fused-ring (bicyclic) bond motifs is 5. The lowest BCUT2D eigenvalue weighted by molar-refractivity contribution is 0.580. The lowest BCUT2D eigenvalue weighted by Gasteiger charge is -2.33. The number of aromatic nitrogens is 2. The molecule has 1 aromatic carbocycles. The minimum absolute atomic E-state index is 1.08. The second-order valence-electron chi connectivity index (χ2n) is 6.74. The molecule has 0 amide bonds. The third kappa shape index (κ3) is 2.05. The van der Waals surface area contributed by atoms with Crippen LogP contribution in [0.1, 0.15) is 24.0 Å². The smallest absolute Gasteiger partial charge is 0.109 e. The van der Waals surface area contributed by atoms with Gasteiger partial charge >= 0.3 is 0 Å². The zero-order valence-electron chi connectivity index (χ0n) is 13.4. The molecule has 2 aliphatic rings. The second-order valence-corrected chi connectivity index (χ2v) is 6.74. The Morgan fingerprint density at radius 1 is 0.957 bits per heavy atom. The van der Waals surface area contributed by atoms with Crippen molar-refractivity contribution in [3.63, 3.8) is 0 Å². The van der Waals surface area contributed by atoms with E-state index in [2.05, 4.69) is 38.4 Å². The summed E-state index contributed by atoms with van der Waals surface area (Å²) in [7, 11) is 0. The van der Waals surface area contributed by atoms with E-state index in [0.29, 0.717) is 0 Å². The molecule has 0 bridgehead atoms. The first-order valence-electron chi connectivity index (χ1n) is 8.78. The summed E-state index contributed by atoms with van der Waals surface area (Å²) in [5, 5.41) is 6.18. The highest BCUT2D eigenvalue weighted by Gasteiger charge is 2.23. The SMILES string of the molecule is c1cc2c(ccc3[nH]c(N4CCNCC4)c4c(c32)CCCC4)n1. The Morgan fingerprint density at radius 3 is 2.65 bits per heavy atom. The quantitative estimate of drug-likeness (QED) is 0.726. The van der Waals surface area contributed by atoms with Crippen molar-refractivity contribution in [1.82, 2.24) is 15.3 Å². The maximum Gasteiger partial charge on any atom is 0.109 e. The van der Waals surface area contributed by atoms with Gasteiger partial charge in [-0.1, -0.05) is 0 Å². The zero-order valence-corrected chi connectivity index (χ0v) is 13.4. The van der Waals surface area contributed by atoms with Gasteiger partial charge in [0.05, 0.1) is 5.52 Å². The fourth-order valence-electron chi connectivity index (χ4n) is 4.32. The van der Waals surface area contributed by atoms with Crippen molar-refractivity contribution in [3.05, 3.63) is 35.5 Å². The van der Waals surface area contributed by atoms with E-state index in [1.54, 1.807) is 11.1 Å². The Kier molecular flexibility index (Phi) is 3.05. The Morgan fingerprint density at radius 2 is 1.78 bits per heavy atom. The number of nitrogens with zero attached hydrogens (tertiary/aromatic N) is 2. The number of piperazine rings is 1. The molecule has 2 N–H and O–H groups in total. The van der Waals surface area contributed by atoms with Gasteiger partial charge in [0, 0.05) is 48.7 Å². The van der Waals surface area contributed by atoms with Gasteiger partial charge in [-0.05, 0) is 55.0 Å². The number of aromatic amines is 1. The molecule has 2 aromatic heterocycles. The summed E-state index contributed by atoms with van der Waals surface area (Å²) in [4.78, 5) is 10.8. The van der Waals surface area contributed by atoms with E-state index in [4.69, 9.17) is 0 Å². The molecule has 3 aromatic rings. The number of hydrogen-bond acceptors (Lipinski definition) is 3. The van der Waals surface area contributed by atoms with Gasteiger partial charge in [-0.2, -0.15) is 0 Å². The van der Waals surface area contributed by atoms with Crippen LogP contribution in [0.25, 0.3) is 21.8 Å². The number of nitrogens with one attached hydrogen (secondary N) is 2. The number of pyridine rings is 1. The molecule has 4 nitrogen and oxygen atoms in total. The van der Waals surface area contributed by atoms with E-state index >= 15 is 0 Å². The maximum atomic E-state index is 4.50. The average molecular weight is 306 g/mol. The van der Waals surface area contributed by atoms with Gasteiger partial charge in [0.1, 0.15) is 5.82 Å². The molecule has 1 fully saturated rings. The Labute approximate surface area is 135 Å². The van der Waals surface area contributed by atoms with Crippen molar-refractivity contribution in [2.45, 2.75) is 25.7 Å². The summed E-state index contributed by atoms with van der Waals surface area (Å²) in [6.45, 7) is 4.34. The topological polar surface area (TPSA) is 44.0 Å². The largest absolute Gasteiger partial charge is 0.355 e. The average Bonchev–Trinajstić information content (AvgIpc) is 3.10. The molecule has 0 spiro atoms. The number of benzene rings is 1. The van der Waals surface area contributed by atoms with Crippen LogP contribution in [0.4, 0.5) is 5.82 Å². The van der Waals surface area contributed by atoms with E-state index in [-0.39, 0.29) is 0 Å². The van der Waals surface area contributed by atoms with Gasteiger partial charge in [-0.15, -0.1) is 0 Å². The fraction of sp³-hybridized carbons (Fsp3) is 0.421. The molecule has 0 saturated carbocycles. The number of anilines is 1. The van der Waals surface area contributed by atoms with Crippen LogP contribution < -0.4 is 10.2 Å². The van der Waals surface area contributed by atoms with Crippen LogP contribution >= 0.6 is 0 Å². The van der Waals surface area contributed by atoms with Gasteiger partial charge < -0.3 is 15.2 Å². The monoisotopic (exact) mass is 306 g/mol. The fourth-order valence-corrected chi connectivity index (χ4v) is 4.32. The van der Waals surface area contributed by atoms with Gasteiger partial charge in [0.2, 0.25) is 0 Å². The molecule has 4 heteroatoms. The summed E-state index contributed by atoms with van der Waals surface area (Å²) >= 11 is 0. The van der Waals surface area contributed by atoms with Crippen molar-refractivity contribution >= 4 is 27.6 Å². The van der Waals surface area contributed by atoms with Gasteiger partial charge in [0.15, 0.2) is 0 Å². The molecule has 0 radical (unpaired) electrons. The molecular weight excluding hydrogens is 284 g/mol. The van der Waals surface area contributed by atoms with Crippen LogP contribution in [0.3, 0.4) is 0 Å². The predicted molar refractivity (Wildman–Crippen MR) is 95.3 cm³/mol. The van der Waals surface area contributed by atoms with Crippen LogP contribution in [0, 0.1) is 0 Å². The summed E-state index contributed by atoms with van der Waals surface area (Å²) in [6, 6.07) is 6.53. The Hall–Kier alpha value is -2.07. The molecule has 23 heavy (non-hydrogen) atoms. The predicted octanol–water partition coefficient (Wildman–Crippen LogP) is 3.00. The van der Waals surface area contributed by atoms with Crippen LogP contribution in [0.5, 0.6) is 0 Å². The zero-order chi connectivity index (χ0) is 15.2. The lowest BCUT2D eigenvalue weighted by Crippen LogP contribution is -2.44. The lowest BCUT2D eigenvalue weighted by atomic mass is 9.88. The van der Waals surface area contributed by atoms with Crippen molar-refractivity contribution in [1.29, 1.82) is 0 Å². The molecule has 0 unspecified atom stereocenters. The van der Waals surface area contributed by atoms with Gasteiger partial charge in [-0.3, -0.25) is 4.98 Å². The summed E-state index contributed by atoms with van der Waals surface area (Å²) in [5.74, 6) is 1.37. The number of aryl methyl sites for hydroxylation is 1. The van der Waals surface area contributed by atoms with E-state index in [1.807, 2.05) is 6.20 Å². The normalized spacial score (nSPS) is 18.5. The Balaban J connectivity index is 1.81. The molecule has 1 saturated heterocycles. The first-order chi connectivity index (χ1) is 11.4. The first-order valence-corrected chi connectivity index (χ1v) is 8.78. The summed E-state index contributed by atoms with van der Waals surface area (Å²) in [6.07, 6.45) is 6.94. The third-order valence-corrected chi connectivity index (χ3v) is 5.42. The highest BCUT2D eigenvalue weighted by molar-refractivity contribution is 6.08. The minimum Gasteiger partial charge on any atom is -0.355 e. The third-order valence-electron chi connectivity index (χ3n) is 5.42. The molecule has 5 rings (SSSR count). The summed E-state index contributed by atoms with van der Waals surface area (Å²) < 4.78 is 0. The number of rotatable bonds is 1. The van der Waals surface area contributed by atoms with Crippen LogP contribution in [-0.2, 0) is 12.8 Å². The van der Waals surface area contributed by atoms with E-state index in [1.165, 1.54) is 47.8 Å². The van der Waals surface area contributed by atoms with Crippen molar-refractivity contribution in [2.75, 3.05) is 31.1 Å². The van der Waals surface area contributed by atoms with Crippen LogP contribution in [0.2, 0.25) is 0 Å². The maximum absolute atomic E-state index is 4.50. The molecule has 1 aliphatic carbocycles. The summed E-state index contributed by atoms with van der Waals surface area (Å²) in [5.41, 5.74) is 5.50. The van der Waals surface area contributed by atoms with Crippen LogP contribution in [0.15, 0.2) is 24.4 Å².